The third-order valence-electron chi connectivity index (χ3n) is 3.24. The first-order valence-corrected chi connectivity index (χ1v) is 6.57. The van der Waals surface area contributed by atoms with E-state index in [4.69, 9.17) is 28.9 Å². The van der Waals surface area contributed by atoms with Gasteiger partial charge in [0.05, 0.1) is 10.0 Å². The van der Waals surface area contributed by atoms with Crippen LogP contribution in [0.5, 0.6) is 0 Å². The molecule has 0 saturated heterocycles. The smallest absolute Gasteiger partial charge is 0.320 e. The summed E-state index contributed by atoms with van der Waals surface area (Å²) in [5.74, 6) is -1.06. The minimum atomic E-state index is -1.40. The fourth-order valence-corrected chi connectivity index (χ4v) is 2.41. The molecule has 1 aromatic carbocycles. The van der Waals surface area contributed by atoms with Crippen molar-refractivity contribution in [3.8, 4) is 0 Å². The predicted octanol–water partition coefficient (Wildman–Crippen LogP) is 2.72. The second-order valence-electron chi connectivity index (χ2n) is 4.29. The molecule has 1 unspecified atom stereocenters. The Kier molecular flexibility index (Phi) is 4.28. The van der Waals surface area contributed by atoms with E-state index in [1.54, 1.807) is 30.5 Å². The number of benzene rings is 1. The first-order chi connectivity index (χ1) is 9.52. The molecule has 0 amide bonds. The van der Waals surface area contributed by atoms with E-state index in [-0.39, 0.29) is 11.6 Å². The summed E-state index contributed by atoms with van der Waals surface area (Å²) >= 11 is 11.9. The fraction of sp³-hybridized carbons (Fsp3) is 0.143. The Balaban J connectivity index is 2.69. The van der Waals surface area contributed by atoms with Crippen molar-refractivity contribution in [2.75, 3.05) is 6.54 Å². The number of rotatable bonds is 4. The summed E-state index contributed by atoms with van der Waals surface area (Å²) in [6.45, 7) is -0.119. The van der Waals surface area contributed by atoms with Gasteiger partial charge in [-0.3, -0.25) is 9.78 Å². The van der Waals surface area contributed by atoms with E-state index >= 15 is 0 Å². The molecule has 1 atom stereocenters. The molecule has 1 aromatic heterocycles. The average molecular weight is 311 g/mol. The second-order valence-corrected chi connectivity index (χ2v) is 5.10. The number of carbonyl (C=O) groups is 1. The molecule has 0 fully saturated rings. The van der Waals surface area contributed by atoms with E-state index in [0.29, 0.717) is 16.1 Å². The van der Waals surface area contributed by atoms with Crippen molar-refractivity contribution in [3.63, 3.8) is 0 Å². The minimum absolute atomic E-state index is 0.119. The number of hydrogen-bond donors (Lipinski definition) is 2. The molecule has 0 radical (unpaired) electrons. The Labute approximate surface area is 126 Å². The van der Waals surface area contributed by atoms with Gasteiger partial charge in [0.2, 0.25) is 0 Å². The van der Waals surface area contributed by atoms with Crippen LogP contribution in [-0.4, -0.2) is 22.6 Å². The summed E-state index contributed by atoms with van der Waals surface area (Å²) in [7, 11) is 0. The van der Waals surface area contributed by atoms with Gasteiger partial charge in [0.1, 0.15) is 5.41 Å². The zero-order chi connectivity index (χ0) is 14.8. The summed E-state index contributed by atoms with van der Waals surface area (Å²) in [6, 6.07) is 8.04. The van der Waals surface area contributed by atoms with Gasteiger partial charge in [-0.05, 0) is 29.3 Å². The first kappa shape index (κ1) is 14.8. The average Bonchev–Trinajstić information content (AvgIpc) is 2.45. The van der Waals surface area contributed by atoms with Crippen LogP contribution in [0.4, 0.5) is 0 Å². The van der Waals surface area contributed by atoms with E-state index in [2.05, 4.69) is 4.98 Å². The van der Waals surface area contributed by atoms with Crippen molar-refractivity contribution in [1.82, 2.24) is 4.98 Å². The van der Waals surface area contributed by atoms with Crippen molar-refractivity contribution in [1.29, 1.82) is 0 Å². The normalized spacial score (nSPS) is 13.8. The number of aliphatic carboxylic acids is 1. The number of carboxylic acid groups (broad SMARTS) is 1. The van der Waals surface area contributed by atoms with Crippen LogP contribution < -0.4 is 5.73 Å². The van der Waals surface area contributed by atoms with Crippen molar-refractivity contribution in [2.45, 2.75) is 5.41 Å². The summed E-state index contributed by atoms with van der Waals surface area (Å²) in [4.78, 5) is 15.8. The molecule has 2 rings (SSSR count). The van der Waals surface area contributed by atoms with Crippen LogP contribution in [0.3, 0.4) is 0 Å². The quantitative estimate of drug-likeness (QED) is 0.910. The molecule has 1 heterocycles. The van der Waals surface area contributed by atoms with Gasteiger partial charge in [-0.2, -0.15) is 0 Å². The minimum Gasteiger partial charge on any atom is -0.480 e. The molecule has 2 aromatic rings. The molecule has 0 aliphatic carbocycles. The molecule has 0 aliphatic rings. The number of hydrogen-bond acceptors (Lipinski definition) is 3. The number of pyridine rings is 1. The van der Waals surface area contributed by atoms with E-state index in [9.17, 15) is 9.90 Å². The largest absolute Gasteiger partial charge is 0.480 e. The molecule has 3 N–H and O–H groups in total. The van der Waals surface area contributed by atoms with E-state index in [1.165, 1.54) is 12.3 Å². The second kappa shape index (κ2) is 5.79. The molecule has 0 spiro atoms. The summed E-state index contributed by atoms with van der Waals surface area (Å²) in [6.07, 6.45) is 3.06. The Morgan fingerprint density at radius 1 is 1.25 bits per heavy atom. The first-order valence-electron chi connectivity index (χ1n) is 5.82. The lowest BCUT2D eigenvalue weighted by Gasteiger charge is -2.29. The van der Waals surface area contributed by atoms with E-state index < -0.39 is 11.4 Å². The summed E-state index contributed by atoms with van der Waals surface area (Å²) < 4.78 is 0. The molecule has 6 heteroatoms. The van der Waals surface area contributed by atoms with Gasteiger partial charge < -0.3 is 10.8 Å². The van der Waals surface area contributed by atoms with Gasteiger partial charge in [-0.1, -0.05) is 35.3 Å². The maximum atomic E-state index is 11.9. The Morgan fingerprint density at radius 3 is 2.50 bits per heavy atom. The Bertz CT molecular complexity index is 634. The highest BCUT2D eigenvalue weighted by atomic mass is 35.5. The SMILES string of the molecule is NCC(C(=O)O)(c1cccnc1)c1ccc(Cl)c(Cl)c1. The maximum absolute atomic E-state index is 11.9. The number of nitrogens with zero attached hydrogens (tertiary/aromatic N) is 1. The summed E-state index contributed by atoms with van der Waals surface area (Å²) in [5.41, 5.74) is 5.34. The van der Waals surface area contributed by atoms with Crippen LogP contribution in [0.1, 0.15) is 11.1 Å². The fourth-order valence-electron chi connectivity index (χ4n) is 2.11. The molecular formula is C14H12Cl2N2O2. The molecule has 4 nitrogen and oxygen atoms in total. The lowest BCUT2D eigenvalue weighted by Crippen LogP contribution is -2.44. The standard InChI is InChI=1S/C14H12Cl2N2O2/c15-11-4-3-9(6-12(11)16)14(8-17,13(19)20)10-2-1-5-18-7-10/h1-7H,8,17H2,(H,19,20). The zero-order valence-corrected chi connectivity index (χ0v) is 11.9. The molecule has 0 aliphatic heterocycles. The number of nitrogens with two attached hydrogens (primary N) is 1. The third kappa shape index (κ3) is 2.38. The maximum Gasteiger partial charge on any atom is 0.320 e. The van der Waals surface area contributed by atoms with Gasteiger partial charge in [0.25, 0.3) is 0 Å². The molecule has 0 saturated carbocycles. The number of halogens is 2. The van der Waals surface area contributed by atoms with Crippen molar-refractivity contribution < 1.29 is 9.90 Å². The van der Waals surface area contributed by atoms with Crippen LogP contribution in [0.2, 0.25) is 10.0 Å². The van der Waals surface area contributed by atoms with Crippen molar-refractivity contribution in [3.05, 3.63) is 63.9 Å². The van der Waals surface area contributed by atoms with Crippen LogP contribution in [-0.2, 0) is 10.2 Å². The highest BCUT2D eigenvalue weighted by Crippen LogP contribution is 2.35. The van der Waals surface area contributed by atoms with Gasteiger partial charge in [0.15, 0.2) is 0 Å². The zero-order valence-electron chi connectivity index (χ0n) is 10.4. The monoisotopic (exact) mass is 310 g/mol. The van der Waals surface area contributed by atoms with E-state index in [1.807, 2.05) is 0 Å². The molecule has 104 valence electrons. The third-order valence-corrected chi connectivity index (χ3v) is 3.98. The highest BCUT2D eigenvalue weighted by Gasteiger charge is 2.41. The summed E-state index contributed by atoms with van der Waals surface area (Å²) in [5, 5.41) is 10.4. The number of carboxylic acids is 1. The number of aromatic nitrogens is 1. The Morgan fingerprint density at radius 2 is 2.00 bits per heavy atom. The Hall–Kier alpha value is -1.62. The van der Waals surface area contributed by atoms with Crippen LogP contribution in [0, 0.1) is 0 Å². The van der Waals surface area contributed by atoms with Gasteiger partial charge in [0, 0.05) is 18.9 Å². The lowest BCUT2D eigenvalue weighted by atomic mass is 9.75. The van der Waals surface area contributed by atoms with Gasteiger partial charge >= 0.3 is 5.97 Å². The highest BCUT2D eigenvalue weighted by molar-refractivity contribution is 6.42. The molecule has 0 bridgehead atoms. The lowest BCUT2D eigenvalue weighted by molar-refractivity contribution is -0.141. The molecule has 20 heavy (non-hydrogen) atoms. The van der Waals surface area contributed by atoms with E-state index in [0.717, 1.165) is 0 Å². The van der Waals surface area contributed by atoms with Gasteiger partial charge in [-0.25, -0.2) is 0 Å². The van der Waals surface area contributed by atoms with Crippen LogP contribution in [0.25, 0.3) is 0 Å². The van der Waals surface area contributed by atoms with Crippen LogP contribution >= 0.6 is 23.2 Å². The van der Waals surface area contributed by atoms with Crippen molar-refractivity contribution >= 4 is 29.2 Å². The van der Waals surface area contributed by atoms with Crippen molar-refractivity contribution in [2.24, 2.45) is 5.73 Å². The predicted molar refractivity (Wildman–Crippen MR) is 78.2 cm³/mol. The van der Waals surface area contributed by atoms with Crippen LogP contribution in [0.15, 0.2) is 42.7 Å². The van der Waals surface area contributed by atoms with Gasteiger partial charge in [-0.15, -0.1) is 0 Å². The topological polar surface area (TPSA) is 76.2 Å². The molecular weight excluding hydrogens is 299 g/mol.